The Kier molecular flexibility index (Phi) is 3.75. The Morgan fingerprint density at radius 2 is 2.07 bits per heavy atom. The van der Waals surface area contributed by atoms with Crippen LogP contribution in [-0.4, -0.2) is 37.8 Å². The minimum Gasteiger partial charge on any atom is -0.368 e. The van der Waals surface area contributed by atoms with Crippen LogP contribution in [0, 0.1) is 0 Å². The van der Waals surface area contributed by atoms with Gasteiger partial charge in [-0.25, -0.2) is 9.97 Å². The molecule has 1 saturated heterocycles. The molecule has 1 aromatic heterocycles. The van der Waals surface area contributed by atoms with E-state index >= 15 is 0 Å². The molecule has 3 N–H and O–H groups in total. The van der Waals surface area contributed by atoms with Crippen molar-refractivity contribution in [2.75, 3.05) is 5.32 Å². The van der Waals surface area contributed by atoms with Crippen LogP contribution < -0.4 is 10.6 Å². The van der Waals surface area contributed by atoms with Crippen molar-refractivity contribution in [2.24, 2.45) is 0 Å². The van der Waals surface area contributed by atoms with Gasteiger partial charge in [0.1, 0.15) is 23.5 Å². The lowest BCUT2D eigenvalue weighted by Crippen LogP contribution is -2.57. The number of aliphatic hydroxyl groups excluding tert-OH is 1. The van der Waals surface area contributed by atoms with Gasteiger partial charge in [-0.15, -0.1) is 0 Å². The molecule has 5 rings (SSSR count). The van der Waals surface area contributed by atoms with E-state index in [1.54, 1.807) is 0 Å². The number of amides is 1. The number of anilines is 1. The molecule has 2 aliphatic carbocycles. The quantitative estimate of drug-likeness (QED) is 0.760. The summed E-state index contributed by atoms with van der Waals surface area (Å²) in [7, 11) is 0. The monoisotopic (exact) mass is 367 g/mol. The van der Waals surface area contributed by atoms with Crippen molar-refractivity contribution in [1.82, 2.24) is 20.2 Å². The maximum absolute atomic E-state index is 12.7. The molecule has 3 fully saturated rings. The summed E-state index contributed by atoms with van der Waals surface area (Å²) in [5.41, 5.74) is 2.75. The van der Waals surface area contributed by atoms with Crippen LogP contribution in [0.4, 0.5) is 5.82 Å². The van der Waals surface area contributed by atoms with Crippen molar-refractivity contribution < 1.29 is 9.90 Å². The molecule has 1 spiro atoms. The Hall–Kier alpha value is -2.41. The molecule has 142 valence electrons. The van der Waals surface area contributed by atoms with Gasteiger partial charge in [-0.3, -0.25) is 4.79 Å². The van der Waals surface area contributed by atoms with Crippen molar-refractivity contribution in [1.29, 1.82) is 0 Å². The average molecular weight is 367 g/mol. The normalized spacial score (nSPS) is 26.7. The van der Waals surface area contributed by atoms with Gasteiger partial charge >= 0.3 is 0 Å². The van der Waals surface area contributed by atoms with E-state index in [9.17, 15) is 9.90 Å². The van der Waals surface area contributed by atoms with Crippen LogP contribution in [0.2, 0.25) is 0 Å². The zero-order valence-electron chi connectivity index (χ0n) is 15.5. The third-order valence-corrected chi connectivity index (χ3v) is 6.23. The summed E-state index contributed by atoms with van der Waals surface area (Å²) < 4.78 is 0. The molecule has 3 heterocycles. The summed E-state index contributed by atoms with van der Waals surface area (Å²) in [5.74, 6) is 1.18. The van der Waals surface area contributed by atoms with E-state index in [1.807, 2.05) is 24.1 Å². The minimum absolute atomic E-state index is 0.0792. The number of hydrogen-bond acceptors (Lipinski definition) is 6. The second-order valence-corrected chi connectivity index (χ2v) is 8.15. The molecule has 7 nitrogen and oxygen atoms in total. The van der Waals surface area contributed by atoms with Gasteiger partial charge in [-0.2, -0.15) is 0 Å². The molecular formula is C20H25N5O2. The largest absolute Gasteiger partial charge is 0.368 e. The Bertz CT molecular complexity index is 852. The van der Waals surface area contributed by atoms with Gasteiger partial charge in [-0.05, 0) is 63.0 Å². The van der Waals surface area contributed by atoms with Gasteiger partial charge in [0.15, 0.2) is 6.23 Å². The number of carbonyl (C=O) groups excluding carboxylic acids is 1. The van der Waals surface area contributed by atoms with E-state index in [2.05, 4.69) is 20.6 Å². The van der Waals surface area contributed by atoms with Crippen LogP contribution in [0.25, 0.3) is 0 Å². The van der Waals surface area contributed by atoms with Crippen molar-refractivity contribution in [3.8, 4) is 0 Å². The highest BCUT2D eigenvalue weighted by Crippen LogP contribution is 2.45. The third-order valence-electron chi connectivity index (χ3n) is 6.23. The lowest BCUT2D eigenvalue weighted by molar-refractivity contribution is -0.117. The van der Waals surface area contributed by atoms with E-state index in [-0.39, 0.29) is 5.91 Å². The van der Waals surface area contributed by atoms with E-state index in [1.165, 1.54) is 12.7 Å². The average Bonchev–Trinajstić information content (AvgIpc) is 3.46. The molecule has 4 aliphatic rings. The zero-order chi connectivity index (χ0) is 18.6. The lowest BCUT2D eigenvalue weighted by Gasteiger charge is -2.46. The Labute approximate surface area is 158 Å². The predicted molar refractivity (Wildman–Crippen MR) is 100 cm³/mol. The van der Waals surface area contributed by atoms with Gasteiger partial charge in [0.2, 0.25) is 0 Å². The smallest absolute Gasteiger partial charge is 0.269 e. The lowest BCUT2D eigenvalue weighted by atomic mass is 9.87. The van der Waals surface area contributed by atoms with Crippen molar-refractivity contribution in [3.05, 3.63) is 41.1 Å². The number of carbonyl (C=O) groups is 1. The molecule has 1 unspecified atom stereocenters. The molecule has 2 aliphatic heterocycles. The molecule has 0 radical (unpaired) electrons. The summed E-state index contributed by atoms with van der Waals surface area (Å²) in [6.07, 6.45) is 11.7. The molecule has 0 bridgehead atoms. The van der Waals surface area contributed by atoms with E-state index in [4.69, 9.17) is 0 Å². The summed E-state index contributed by atoms with van der Waals surface area (Å²) in [4.78, 5) is 23.1. The first kappa shape index (κ1) is 16.7. The second kappa shape index (κ2) is 6.05. The van der Waals surface area contributed by atoms with Crippen LogP contribution in [0.1, 0.15) is 63.4 Å². The van der Waals surface area contributed by atoms with Gasteiger partial charge in [-0.1, -0.05) is 6.42 Å². The first-order valence-corrected chi connectivity index (χ1v) is 9.88. The standard InChI is InChI=1S/C20H25N5O2/c1-12-9-15(23-17-14(13-5-6-13)10-21-11-22-17)19(27)25-16(12)18(26)24-20(25)7-3-2-4-8-20/h9-11,13,19,27H,2-8H2,1H3,(H,24,26)(H,21,22,23). The Morgan fingerprint density at radius 3 is 2.81 bits per heavy atom. The number of aliphatic hydroxyl groups is 1. The first-order valence-electron chi connectivity index (χ1n) is 9.88. The van der Waals surface area contributed by atoms with Crippen LogP contribution in [0.15, 0.2) is 35.6 Å². The van der Waals surface area contributed by atoms with Crippen LogP contribution in [0.3, 0.4) is 0 Å². The Morgan fingerprint density at radius 1 is 1.30 bits per heavy atom. The number of nitrogens with zero attached hydrogens (tertiary/aromatic N) is 3. The molecule has 2 saturated carbocycles. The third kappa shape index (κ3) is 2.64. The van der Waals surface area contributed by atoms with Crippen molar-refractivity contribution >= 4 is 11.7 Å². The van der Waals surface area contributed by atoms with E-state index in [0.717, 1.165) is 55.5 Å². The minimum atomic E-state index is -0.900. The highest BCUT2D eigenvalue weighted by Gasteiger charge is 2.52. The summed E-state index contributed by atoms with van der Waals surface area (Å²) in [5, 5.41) is 17.7. The second-order valence-electron chi connectivity index (χ2n) is 8.15. The molecule has 7 heteroatoms. The fraction of sp³-hybridized carbons (Fsp3) is 0.550. The molecule has 0 aromatic carbocycles. The number of hydrogen-bond donors (Lipinski definition) is 3. The predicted octanol–water partition coefficient (Wildman–Crippen LogP) is 2.35. The van der Waals surface area contributed by atoms with E-state index < -0.39 is 11.9 Å². The molecule has 27 heavy (non-hydrogen) atoms. The number of rotatable bonds is 3. The topological polar surface area (TPSA) is 90.4 Å². The van der Waals surface area contributed by atoms with Crippen LogP contribution in [0.5, 0.6) is 0 Å². The number of allylic oxidation sites excluding steroid dienone is 2. The first-order chi connectivity index (χ1) is 13.1. The SMILES string of the molecule is CC1=C2C(=O)NC3(CCCCC3)N2C(O)C(Nc2ncncc2C2CC2)=C1. The molecule has 1 amide bonds. The number of nitrogens with one attached hydrogen (secondary N) is 2. The summed E-state index contributed by atoms with van der Waals surface area (Å²) in [6.45, 7) is 1.93. The van der Waals surface area contributed by atoms with Gasteiger partial charge in [0.25, 0.3) is 5.91 Å². The highest BCUT2D eigenvalue weighted by atomic mass is 16.3. The van der Waals surface area contributed by atoms with Crippen molar-refractivity contribution in [2.45, 2.75) is 69.7 Å². The Balaban J connectivity index is 1.50. The van der Waals surface area contributed by atoms with Crippen LogP contribution in [-0.2, 0) is 4.79 Å². The number of aromatic nitrogens is 2. The van der Waals surface area contributed by atoms with Gasteiger partial charge in [0, 0.05) is 11.8 Å². The zero-order valence-corrected chi connectivity index (χ0v) is 15.5. The van der Waals surface area contributed by atoms with E-state index in [0.29, 0.717) is 17.3 Å². The molecular weight excluding hydrogens is 342 g/mol. The van der Waals surface area contributed by atoms with Crippen molar-refractivity contribution in [3.63, 3.8) is 0 Å². The molecule has 1 aromatic rings. The maximum atomic E-state index is 12.7. The molecule has 1 atom stereocenters. The summed E-state index contributed by atoms with van der Waals surface area (Å²) in [6, 6.07) is 0. The fourth-order valence-electron chi connectivity index (χ4n) is 4.77. The maximum Gasteiger partial charge on any atom is 0.269 e. The highest BCUT2D eigenvalue weighted by molar-refractivity contribution is 5.97. The number of fused-ring (bicyclic) bond motifs is 2. The van der Waals surface area contributed by atoms with Crippen LogP contribution >= 0.6 is 0 Å². The fourth-order valence-corrected chi connectivity index (χ4v) is 4.77. The summed E-state index contributed by atoms with van der Waals surface area (Å²) >= 11 is 0. The van der Waals surface area contributed by atoms with Gasteiger partial charge < -0.3 is 20.6 Å². The van der Waals surface area contributed by atoms with Gasteiger partial charge in [0.05, 0.1) is 5.70 Å².